The molecule has 0 amide bonds. The van der Waals surface area contributed by atoms with Crippen molar-refractivity contribution in [1.82, 2.24) is 0 Å². The number of allylic oxidation sites excluding steroid dienone is 11. The average Bonchev–Trinajstić information content (AvgIpc) is 3.30. The fraction of sp³-hybridized carbons (Fsp3) is 0.755. The Morgan fingerprint density at radius 3 is 1.35 bits per heavy atom. The van der Waals surface area contributed by atoms with Gasteiger partial charge in [-0.15, -0.1) is 0 Å². The van der Waals surface area contributed by atoms with E-state index >= 15 is 0 Å². The molecule has 0 aliphatic heterocycles. The molecule has 12 nitrogen and oxygen atoms in total. The SMILES string of the molecule is CC/C=C\C/C=C\C/C=C\C/C=C\C/C=C\CC(=O)OC(COCCCCCCCCCCCCCC/C=C\CCCCCCCCCC)COP(=O)(O)OC1C(O)C(O)C(O)C(O)C1O. The number of aliphatic hydroxyl groups is 5. The second-order valence-electron chi connectivity index (χ2n) is 17.7. The van der Waals surface area contributed by atoms with Crippen molar-refractivity contribution in [3.8, 4) is 0 Å². The maximum atomic E-state index is 12.8. The number of hydrogen-bond acceptors (Lipinski definition) is 11. The number of hydrogen-bond donors (Lipinski definition) is 6. The zero-order valence-corrected chi connectivity index (χ0v) is 41.9. The van der Waals surface area contributed by atoms with Gasteiger partial charge in [0.25, 0.3) is 0 Å². The molecule has 1 aliphatic rings. The minimum Gasteiger partial charge on any atom is -0.457 e. The average molecular weight is 953 g/mol. The number of unbranched alkanes of at least 4 members (excludes halogenated alkanes) is 20. The van der Waals surface area contributed by atoms with Crippen molar-refractivity contribution in [2.45, 2.75) is 236 Å². The molecule has 66 heavy (non-hydrogen) atoms. The van der Waals surface area contributed by atoms with Gasteiger partial charge in [-0.3, -0.25) is 13.8 Å². The smallest absolute Gasteiger partial charge is 0.457 e. The lowest BCUT2D eigenvalue weighted by molar-refractivity contribution is -0.220. The van der Waals surface area contributed by atoms with Crippen LogP contribution >= 0.6 is 7.82 Å². The van der Waals surface area contributed by atoms with Gasteiger partial charge in [-0.2, -0.15) is 0 Å². The number of phosphoric ester groups is 1. The van der Waals surface area contributed by atoms with Crippen LogP contribution in [0.15, 0.2) is 72.9 Å². The molecule has 382 valence electrons. The normalized spacial score (nSPS) is 22.0. The predicted molar refractivity (Wildman–Crippen MR) is 267 cm³/mol. The summed E-state index contributed by atoms with van der Waals surface area (Å²) in [5.74, 6) is -0.604. The van der Waals surface area contributed by atoms with E-state index in [1.54, 1.807) is 6.08 Å². The first-order chi connectivity index (χ1) is 32.0. The minimum atomic E-state index is -5.05. The van der Waals surface area contributed by atoms with Gasteiger partial charge in [0.05, 0.1) is 19.6 Å². The molecule has 0 heterocycles. The van der Waals surface area contributed by atoms with Gasteiger partial charge in [-0.1, -0.05) is 196 Å². The van der Waals surface area contributed by atoms with Gasteiger partial charge in [-0.05, 0) is 64.2 Å². The second kappa shape index (κ2) is 42.8. The molecule has 0 aromatic rings. The second-order valence-corrected chi connectivity index (χ2v) is 19.1. The number of esters is 1. The van der Waals surface area contributed by atoms with Crippen LogP contribution in [0.25, 0.3) is 0 Å². The Morgan fingerprint density at radius 1 is 0.500 bits per heavy atom. The Hall–Kier alpha value is -2.22. The van der Waals surface area contributed by atoms with E-state index in [1.807, 2.05) is 18.2 Å². The van der Waals surface area contributed by atoms with Crippen LogP contribution in [0.4, 0.5) is 0 Å². The van der Waals surface area contributed by atoms with Crippen molar-refractivity contribution < 1.29 is 58.3 Å². The highest BCUT2D eigenvalue weighted by Crippen LogP contribution is 2.47. The summed E-state index contributed by atoms with van der Waals surface area (Å²) in [5, 5.41) is 50.3. The van der Waals surface area contributed by atoms with Crippen LogP contribution < -0.4 is 0 Å². The van der Waals surface area contributed by atoms with Gasteiger partial charge in [0.15, 0.2) is 0 Å². The van der Waals surface area contributed by atoms with E-state index in [1.165, 1.54) is 122 Å². The Balaban J connectivity index is 2.35. The Kier molecular flexibility index (Phi) is 40.1. The molecule has 6 N–H and O–H groups in total. The fourth-order valence-electron chi connectivity index (χ4n) is 7.54. The highest BCUT2D eigenvalue weighted by molar-refractivity contribution is 7.47. The number of phosphoric acid groups is 1. The molecule has 1 fully saturated rings. The molecule has 0 saturated heterocycles. The van der Waals surface area contributed by atoms with Crippen molar-refractivity contribution in [3.63, 3.8) is 0 Å². The maximum Gasteiger partial charge on any atom is 0.472 e. The Labute approximate surface area is 400 Å². The van der Waals surface area contributed by atoms with E-state index in [9.17, 15) is 39.8 Å². The lowest BCUT2D eigenvalue weighted by Gasteiger charge is -2.41. The predicted octanol–water partition coefficient (Wildman–Crippen LogP) is 11.5. The van der Waals surface area contributed by atoms with Gasteiger partial charge in [0.2, 0.25) is 0 Å². The first-order valence-corrected chi connectivity index (χ1v) is 27.3. The van der Waals surface area contributed by atoms with Crippen molar-refractivity contribution in [1.29, 1.82) is 0 Å². The molecule has 6 atom stereocenters. The summed E-state index contributed by atoms with van der Waals surface area (Å²) in [4.78, 5) is 23.1. The lowest BCUT2D eigenvalue weighted by atomic mass is 9.85. The zero-order chi connectivity index (χ0) is 48.4. The summed E-state index contributed by atoms with van der Waals surface area (Å²) < 4.78 is 34.1. The quantitative estimate of drug-likeness (QED) is 0.0147. The molecule has 0 aromatic heterocycles. The number of rotatable bonds is 43. The number of carbonyl (C=O) groups excluding carboxylic acids is 1. The largest absolute Gasteiger partial charge is 0.472 e. The Morgan fingerprint density at radius 2 is 0.894 bits per heavy atom. The molecule has 13 heteroatoms. The number of ether oxygens (including phenoxy) is 2. The summed E-state index contributed by atoms with van der Waals surface area (Å²) >= 11 is 0. The summed E-state index contributed by atoms with van der Waals surface area (Å²) in [6.45, 7) is 4.04. The van der Waals surface area contributed by atoms with Crippen LogP contribution in [0.1, 0.15) is 194 Å². The van der Waals surface area contributed by atoms with Crippen LogP contribution in [-0.2, 0) is 27.9 Å². The molecule has 1 rings (SSSR count). The van der Waals surface area contributed by atoms with Gasteiger partial charge in [0, 0.05) is 6.61 Å². The third kappa shape index (κ3) is 34.1. The molecular formula is C53H93O12P. The summed E-state index contributed by atoms with van der Waals surface area (Å²) in [6.07, 6.45) is 44.4. The van der Waals surface area contributed by atoms with Gasteiger partial charge >= 0.3 is 13.8 Å². The topological polar surface area (TPSA) is 192 Å². The van der Waals surface area contributed by atoms with Crippen molar-refractivity contribution in [2.75, 3.05) is 19.8 Å². The van der Waals surface area contributed by atoms with Crippen LogP contribution in [-0.4, -0.2) is 98.9 Å². The fourth-order valence-corrected chi connectivity index (χ4v) is 8.52. The van der Waals surface area contributed by atoms with Gasteiger partial charge in [-0.25, -0.2) is 4.57 Å². The van der Waals surface area contributed by atoms with E-state index < -0.39 is 63.1 Å². The first-order valence-electron chi connectivity index (χ1n) is 25.8. The molecule has 0 aromatic carbocycles. The zero-order valence-electron chi connectivity index (χ0n) is 41.0. The molecule has 0 spiro atoms. The molecule has 0 radical (unpaired) electrons. The number of aliphatic hydroxyl groups excluding tert-OH is 5. The molecule has 0 bridgehead atoms. The van der Waals surface area contributed by atoms with Crippen molar-refractivity contribution in [2.24, 2.45) is 0 Å². The van der Waals surface area contributed by atoms with Crippen LogP contribution in [0.3, 0.4) is 0 Å². The van der Waals surface area contributed by atoms with Crippen LogP contribution in [0, 0.1) is 0 Å². The third-order valence-corrected chi connectivity index (χ3v) is 12.6. The third-order valence-electron chi connectivity index (χ3n) is 11.6. The molecule has 1 saturated carbocycles. The monoisotopic (exact) mass is 953 g/mol. The van der Waals surface area contributed by atoms with Crippen molar-refractivity contribution in [3.05, 3.63) is 72.9 Å². The summed E-state index contributed by atoms with van der Waals surface area (Å²) in [7, 11) is -5.05. The van der Waals surface area contributed by atoms with E-state index in [0.717, 1.165) is 44.9 Å². The highest BCUT2D eigenvalue weighted by atomic mass is 31.2. The van der Waals surface area contributed by atoms with E-state index in [2.05, 4.69) is 62.5 Å². The van der Waals surface area contributed by atoms with E-state index in [4.69, 9.17) is 18.5 Å². The molecular weight excluding hydrogens is 860 g/mol. The number of carbonyl (C=O) groups is 1. The maximum absolute atomic E-state index is 12.8. The van der Waals surface area contributed by atoms with E-state index in [-0.39, 0.29) is 13.0 Å². The van der Waals surface area contributed by atoms with Gasteiger partial charge in [0.1, 0.15) is 42.7 Å². The van der Waals surface area contributed by atoms with E-state index in [0.29, 0.717) is 13.0 Å². The van der Waals surface area contributed by atoms with Gasteiger partial charge < -0.3 is 39.9 Å². The summed E-state index contributed by atoms with van der Waals surface area (Å²) in [5.41, 5.74) is 0. The van der Waals surface area contributed by atoms with Crippen LogP contribution in [0.2, 0.25) is 0 Å². The standard InChI is InChI=1S/C53H93O12P/c1-3-5-7-9-11-13-15-17-19-20-21-22-23-24-25-26-27-29-31-33-35-37-39-41-43-62-44-46(45-63-66(60,61)65-53-51(58)49(56)48(55)50(57)52(53)59)64-47(54)42-40-38-36-34-32-30-28-18-16-14-12-10-8-6-4-2/h6,8,12,14,18,20-21,28,32,34,38,40,46,48-53,55-59H,3-5,7,9-11,13,15-17,19,22-27,29-31,33,35-37,39,41-45H2,1-2H3,(H,60,61)/b8-6-,14-12-,21-20-,28-18-,34-32-,40-38-. The molecule has 1 aliphatic carbocycles. The Bertz CT molecular complexity index is 1360. The molecule has 6 unspecified atom stereocenters. The summed E-state index contributed by atoms with van der Waals surface area (Å²) in [6, 6.07) is 0. The lowest BCUT2D eigenvalue weighted by Crippen LogP contribution is -2.64. The minimum absolute atomic E-state index is 0.0484. The van der Waals surface area contributed by atoms with Crippen molar-refractivity contribution >= 4 is 13.8 Å². The first kappa shape index (κ1) is 61.8. The van der Waals surface area contributed by atoms with Crippen LogP contribution in [0.5, 0.6) is 0 Å². The highest BCUT2D eigenvalue weighted by Gasteiger charge is 2.51.